The van der Waals surface area contributed by atoms with E-state index in [2.05, 4.69) is 16.0 Å². The monoisotopic (exact) mass is 442 g/mol. The zero-order chi connectivity index (χ0) is 23.8. The van der Waals surface area contributed by atoms with Crippen LogP contribution in [0, 0.1) is 25.2 Å². The first-order valence-corrected chi connectivity index (χ1v) is 10.1. The molecule has 0 atom stereocenters. The van der Waals surface area contributed by atoms with Crippen LogP contribution in [-0.2, 0) is 20.9 Å². The standard InChI is InChI=1S/C25H22N4O4/c1-16-3-7-19(8-4-16)28-23(30)18(14-26)13-21-11-12-22(33-21)15-27-24(31)25(32)29-20-9-5-17(2)6-10-20/h3-13H,15H2,1-2H3,(H,27,31)(H,28,30)(H,29,32)/b18-13-. The van der Waals surface area contributed by atoms with Gasteiger partial charge in [0.15, 0.2) is 0 Å². The zero-order valence-electron chi connectivity index (χ0n) is 18.1. The van der Waals surface area contributed by atoms with E-state index in [1.165, 1.54) is 6.08 Å². The number of carbonyl (C=O) groups excluding carboxylic acids is 3. The number of carbonyl (C=O) groups is 3. The molecule has 0 aliphatic heterocycles. The van der Waals surface area contributed by atoms with Gasteiger partial charge in [0.25, 0.3) is 5.91 Å². The van der Waals surface area contributed by atoms with Gasteiger partial charge in [0.05, 0.1) is 6.54 Å². The summed E-state index contributed by atoms with van der Waals surface area (Å²) in [5.41, 5.74) is 3.02. The fraction of sp³-hybridized carbons (Fsp3) is 0.120. The molecule has 1 aromatic heterocycles. The zero-order valence-corrected chi connectivity index (χ0v) is 18.1. The highest BCUT2D eigenvalue weighted by Gasteiger charge is 2.15. The van der Waals surface area contributed by atoms with E-state index in [1.807, 2.05) is 44.2 Å². The van der Waals surface area contributed by atoms with Crippen LogP contribution in [0.3, 0.4) is 0 Å². The van der Waals surface area contributed by atoms with Gasteiger partial charge in [-0.05, 0) is 50.2 Å². The molecule has 166 valence electrons. The van der Waals surface area contributed by atoms with E-state index >= 15 is 0 Å². The first-order chi connectivity index (χ1) is 15.8. The number of rotatable bonds is 6. The van der Waals surface area contributed by atoms with Crippen molar-refractivity contribution in [3.05, 3.63) is 88.9 Å². The van der Waals surface area contributed by atoms with Crippen LogP contribution >= 0.6 is 0 Å². The van der Waals surface area contributed by atoms with Crippen molar-refractivity contribution in [2.75, 3.05) is 10.6 Å². The Morgan fingerprint density at radius 3 is 1.91 bits per heavy atom. The number of hydrogen-bond donors (Lipinski definition) is 3. The summed E-state index contributed by atoms with van der Waals surface area (Å²) in [6.07, 6.45) is 1.30. The van der Waals surface area contributed by atoms with Gasteiger partial charge in [0.1, 0.15) is 23.2 Å². The van der Waals surface area contributed by atoms with Crippen LogP contribution in [0.15, 0.2) is 70.7 Å². The number of nitrogens with one attached hydrogen (secondary N) is 3. The van der Waals surface area contributed by atoms with Gasteiger partial charge in [0.2, 0.25) is 0 Å². The molecule has 0 aliphatic rings. The second-order valence-corrected chi connectivity index (χ2v) is 7.30. The fourth-order valence-electron chi connectivity index (χ4n) is 2.77. The maximum Gasteiger partial charge on any atom is 0.313 e. The van der Waals surface area contributed by atoms with Crippen LogP contribution in [-0.4, -0.2) is 17.7 Å². The number of benzene rings is 2. The highest BCUT2D eigenvalue weighted by molar-refractivity contribution is 6.39. The molecule has 2 aromatic carbocycles. The highest BCUT2D eigenvalue weighted by atomic mass is 16.3. The Morgan fingerprint density at radius 2 is 1.36 bits per heavy atom. The van der Waals surface area contributed by atoms with Crippen molar-refractivity contribution in [2.45, 2.75) is 20.4 Å². The molecule has 0 saturated heterocycles. The molecule has 0 saturated carbocycles. The SMILES string of the molecule is Cc1ccc(NC(=O)C(=O)NCc2ccc(/C=C(/C#N)C(=O)Nc3ccc(C)cc3)o2)cc1. The number of hydrogen-bond acceptors (Lipinski definition) is 5. The third-order valence-corrected chi connectivity index (χ3v) is 4.58. The number of furan rings is 1. The van der Waals surface area contributed by atoms with E-state index in [4.69, 9.17) is 4.42 Å². The van der Waals surface area contributed by atoms with Crippen molar-refractivity contribution in [1.82, 2.24) is 5.32 Å². The Morgan fingerprint density at radius 1 is 0.818 bits per heavy atom. The summed E-state index contributed by atoms with van der Waals surface area (Å²) in [5, 5.41) is 17.0. The lowest BCUT2D eigenvalue weighted by Gasteiger charge is -2.06. The second kappa shape index (κ2) is 10.6. The molecule has 0 aliphatic carbocycles. The van der Waals surface area contributed by atoms with Crippen molar-refractivity contribution in [1.29, 1.82) is 5.26 Å². The van der Waals surface area contributed by atoms with Crippen molar-refractivity contribution in [3.63, 3.8) is 0 Å². The Labute approximate surface area is 190 Å². The predicted octanol–water partition coefficient (Wildman–Crippen LogP) is 3.70. The van der Waals surface area contributed by atoms with Gasteiger partial charge in [-0.1, -0.05) is 35.4 Å². The summed E-state index contributed by atoms with van der Waals surface area (Å²) in [6.45, 7) is 3.81. The van der Waals surface area contributed by atoms with Crippen LogP contribution in [0.5, 0.6) is 0 Å². The molecule has 8 heteroatoms. The quantitative estimate of drug-likeness (QED) is 0.305. The number of nitriles is 1. The molecule has 3 amide bonds. The van der Waals surface area contributed by atoms with Crippen LogP contribution in [0.2, 0.25) is 0 Å². The molecule has 3 rings (SSSR count). The van der Waals surface area contributed by atoms with Crippen molar-refractivity contribution < 1.29 is 18.8 Å². The van der Waals surface area contributed by atoms with Gasteiger partial charge in [-0.2, -0.15) is 5.26 Å². The summed E-state index contributed by atoms with van der Waals surface area (Å²) in [5.74, 6) is -1.57. The van der Waals surface area contributed by atoms with E-state index in [0.29, 0.717) is 17.1 Å². The number of aryl methyl sites for hydroxylation is 2. The molecule has 3 N–H and O–H groups in total. The molecule has 0 bridgehead atoms. The van der Waals surface area contributed by atoms with Crippen LogP contribution < -0.4 is 16.0 Å². The van der Waals surface area contributed by atoms with Crippen LogP contribution in [0.1, 0.15) is 22.6 Å². The Bertz CT molecular complexity index is 1230. The molecular formula is C25H22N4O4. The third-order valence-electron chi connectivity index (χ3n) is 4.58. The number of anilines is 2. The topological polar surface area (TPSA) is 124 Å². The second-order valence-electron chi connectivity index (χ2n) is 7.30. The van der Waals surface area contributed by atoms with Crippen LogP contribution in [0.4, 0.5) is 11.4 Å². The molecule has 8 nitrogen and oxygen atoms in total. The maximum atomic E-state index is 12.4. The highest BCUT2D eigenvalue weighted by Crippen LogP contribution is 2.15. The van der Waals surface area contributed by atoms with E-state index in [9.17, 15) is 19.6 Å². The van der Waals surface area contributed by atoms with Gasteiger partial charge < -0.3 is 20.4 Å². The summed E-state index contributed by atoms with van der Waals surface area (Å²) >= 11 is 0. The Hall–Kier alpha value is -4.64. The minimum Gasteiger partial charge on any atom is -0.460 e. The smallest absolute Gasteiger partial charge is 0.313 e. The third kappa shape index (κ3) is 6.67. The molecule has 1 heterocycles. The van der Waals surface area contributed by atoms with Crippen molar-refractivity contribution >= 4 is 35.2 Å². The van der Waals surface area contributed by atoms with E-state index in [-0.39, 0.29) is 17.9 Å². The maximum absolute atomic E-state index is 12.4. The summed E-state index contributed by atoms with van der Waals surface area (Å²) < 4.78 is 5.54. The van der Waals surface area contributed by atoms with E-state index in [0.717, 1.165) is 11.1 Å². The average molecular weight is 442 g/mol. The Kier molecular flexibility index (Phi) is 7.39. The Balaban J connectivity index is 1.56. The predicted molar refractivity (Wildman–Crippen MR) is 124 cm³/mol. The summed E-state index contributed by atoms with van der Waals surface area (Å²) in [4.78, 5) is 36.4. The van der Waals surface area contributed by atoms with Gasteiger partial charge in [0, 0.05) is 17.5 Å². The molecule has 33 heavy (non-hydrogen) atoms. The lowest BCUT2D eigenvalue weighted by molar-refractivity contribution is -0.136. The van der Waals surface area contributed by atoms with Gasteiger partial charge in [-0.3, -0.25) is 14.4 Å². The lowest BCUT2D eigenvalue weighted by Crippen LogP contribution is -2.34. The summed E-state index contributed by atoms with van der Waals surface area (Å²) in [6, 6.07) is 19.2. The van der Waals surface area contributed by atoms with Crippen molar-refractivity contribution in [2.24, 2.45) is 0 Å². The van der Waals surface area contributed by atoms with Gasteiger partial charge in [-0.15, -0.1) is 0 Å². The van der Waals surface area contributed by atoms with Crippen molar-refractivity contribution in [3.8, 4) is 6.07 Å². The molecular weight excluding hydrogens is 420 g/mol. The first-order valence-electron chi connectivity index (χ1n) is 10.1. The molecule has 0 radical (unpaired) electrons. The van der Waals surface area contributed by atoms with E-state index < -0.39 is 17.7 Å². The van der Waals surface area contributed by atoms with Gasteiger partial charge in [-0.25, -0.2) is 0 Å². The van der Waals surface area contributed by atoms with Gasteiger partial charge >= 0.3 is 11.8 Å². The minimum atomic E-state index is -0.820. The number of amides is 3. The van der Waals surface area contributed by atoms with E-state index in [1.54, 1.807) is 36.4 Å². The fourth-order valence-corrected chi connectivity index (χ4v) is 2.77. The average Bonchev–Trinajstić information content (AvgIpc) is 3.26. The molecule has 0 spiro atoms. The minimum absolute atomic E-state index is 0.0363. The van der Waals surface area contributed by atoms with Crippen LogP contribution in [0.25, 0.3) is 6.08 Å². The first kappa shape index (κ1) is 23.0. The molecule has 0 fully saturated rings. The molecule has 3 aromatic rings. The normalized spacial score (nSPS) is 10.8. The lowest BCUT2D eigenvalue weighted by atomic mass is 10.2. The largest absolute Gasteiger partial charge is 0.460 e. The number of nitrogens with zero attached hydrogens (tertiary/aromatic N) is 1. The molecule has 0 unspecified atom stereocenters. The summed E-state index contributed by atoms with van der Waals surface area (Å²) in [7, 11) is 0.